The summed E-state index contributed by atoms with van der Waals surface area (Å²) in [5, 5.41) is 7.17. The molecule has 2 rings (SSSR count). The van der Waals surface area contributed by atoms with E-state index < -0.39 is 5.97 Å². The van der Waals surface area contributed by atoms with Gasteiger partial charge in [0.2, 0.25) is 0 Å². The first kappa shape index (κ1) is 15.1. The van der Waals surface area contributed by atoms with Crippen LogP contribution in [-0.2, 0) is 11.3 Å². The third kappa shape index (κ3) is 3.07. The van der Waals surface area contributed by atoms with E-state index in [1.54, 1.807) is 0 Å². The van der Waals surface area contributed by atoms with Gasteiger partial charge in [0.05, 0.1) is 18.4 Å². The zero-order chi connectivity index (χ0) is 15.4. The van der Waals surface area contributed by atoms with Crippen molar-refractivity contribution in [1.29, 1.82) is 0 Å². The Morgan fingerprint density at radius 1 is 1.57 bits per heavy atom. The zero-order valence-corrected chi connectivity index (χ0v) is 12.4. The number of ether oxygens (including phenoxy) is 1. The van der Waals surface area contributed by atoms with Crippen LogP contribution in [0.5, 0.6) is 0 Å². The smallest absolute Gasteiger partial charge is 0.343 e. The Morgan fingerprint density at radius 2 is 2.33 bits per heavy atom. The Kier molecular flexibility index (Phi) is 4.63. The molecule has 0 aliphatic rings. The van der Waals surface area contributed by atoms with E-state index in [-0.39, 0.29) is 16.9 Å². The molecule has 0 atom stereocenters. The Balaban J connectivity index is 2.37. The Morgan fingerprint density at radius 3 is 3.00 bits per heavy atom. The molecule has 0 saturated heterocycles. The number of nitrogens with two attached hydrogens (primary N) is 1. The molecule has 8 nitrogen and oxygen atoms in total. The second-order valence-electron chi connectivity index (χ2n) is 4.13. The summed E-state index contributed by atoms with van der Waals surface area (Å²) in [4.78, 5) is 27.4. The van der Waals surface area contributed by atoms with Gasteiger partial charge in [-0.1, -0.05) is 6.92 Å². The number of nitrogens with one attached hydrogen (secondary N) is 1. The van der Waals surface area contributed by atoms with E-state index in [1.165, 1.54) is 23.9 Å². The van der Waals surface area contributed by atoms with Gasteiger partial charge < -0.3 is 10.5 Å². The maximum atomic E-state index is 11.6. The molecular formula is C12H15N5O3S. The van der Waals surface area contributed by atoms with E-state index in [4.69, 9.17) is 5.73 Å². The first-order chi connectivity index (χ1) is 10.1. The monoisotopic (exact) mass is 309 g/mol. The Labute approximate surface area is 124 Å². The van der Waals surface area contributed by atoms with Crippen molar-refractivity contribution in [2.75, 3.05) is 12.8 Å². The molecule has 21 heavy (non-hydrogen) atoms. The highest BCUT2D eigenvalue weighted by Gasteiger charge is 2.17. The van der Waals surface area contributed by atoms with Crippen LogP contribution in [-0.4, -0.2) is 32.8 Å². The lowest BCUT2D eigenvalue weighted by atomic mass is 10.2. The number of hydrogen-bond donors (Lipinski definition) is 2. The number of carbonyl (C=O) groups is 1. The van der Waals surface area contributed by atoms with E-state index >= 15 is 0 Å². The van der Waals surface area contributed by atoms with Crippen molar-refractivity contribution >= 4 is 23.4 Å². The molecule has 0 radical (unpaired) electrons. The highest BCUT2D eigenvalue weighted by molar-refractivity contribution is 7.99. The van der Waals surface area contributed by atoms with Crippen LogP contribution in [0.4, 0.5) is 5.69 Å². The molecular weight excluding hydrogens is 294 g/mol. The largest absolute Gasteiger partial charge is 0.465 e. The fraction of sp³-hybridized carbons (Fsp3) is 0.333. The third-order valence-electron chi connectivity index (χ3n) is 2.72. The van der Waals surface area contributed by atoms with Crippen molar-refractivity contribution in [3.63, 3.8) is 0 Å². The van der Waals surface area contributed by atoms with Gasteiger partial charge in [0.1, 0.15) is 5.03 Å². The SMILES string of the molecule is CCCn1c(Sc2nccc(C(=O)OC)c2N)n[nH]c1=O. The molecule has 0 unspecified atom stereocenters. The van der Waals surface area contributed by atoms with Gasteiger partial charge in [-0.25, -0.2) is 19.7 Å². The lowest BCUT2D eigenvalue weighted by Crippen LogP contribution is -2.17. The molecule has 2 aromatic heterocycles. The molecule has 0 fully saturated rings. The summed E-state index contributed by atoms with van der Waals surface area (Å²) in [6.07, 6.45) is 2.25. The lowest BCUT2D eigenvalue weighted by Gasteiger charge is -2.08. The van der Waals surface area contributed by atoms with E-state index in [2.05, 4.69) is 19.9 Å². The maximum Gasteiger partial charge on any atom is 0.343 e. The number of aromatic nitrogens is 4. The predicted octanol–water partition coefficient (Wildman–Crippen LogP) is 0.896. The van der Waals surface area contributed by atoms with Gasteiger partial charge in [-0.05, 0) is 24.2 Å². The number of nitrogen functional groups attached to an aromatic ring is 1. The normalized spacial score (nSPS) is 10.6. The van der Waals surface area contributed by atoms with E-state index in [1.807, 2.05) is 6.92 Å². The minimum absolute atomic E-state index is 0.202. The van der Waals surface area contributed by atoms with E-state index in [0.29, 0.717) is 16.7 Å². The van der Waals surface area contributed by atoms with Crippen LogP contribution in [0.25, 0.3) is 0 Å². The molecule has 0 spiro atoms. The minimum Gasteiger partial charge on any atom is -0.465 e. The molecule has 3 N–H and O–H groups in total. The second kappa shape index (κ2) is 6.44. The number of esters is 1. The number of carbonyl (C=O) groups excluding carboxylic acids is 1. The summed E-state index contributed by atoms with van der Waals surface area (Å²) in [6.45, 7) is 2.49. The Hall–Kier alpha value is -2.29. The van der Waals surface area contributed by atoms with Crippen molar-refractivity contribution in [2.24, 2.45) is 0 Å². The number of H-pyrrole nitrogens is 1. The second-order valence-corrected chi connectivity index (χ2v) is 5.09. The summed E-state index contributed by atoms with van der Waals surface area (Å²) >= 11 is 1.12. The van der Waals surface area contributed by atoms with Gasteiger partial charge >= 0.3 is 11.7 Å². The van der Waals surface area contributed by atoms with Gasteiger partial charge in [-0.2, -0.15) is 0 Å². The molecule has 0 aliphatic carbocycles. The van der Waals surface area contributed by atoms with Crippen LogP contribution in [0.15, 0.2) is 27.2 Å². The number of pyridine rings is 1. The van der Waals surface area contributed by atoms with E-state index in [0.717, 1.165) is 18.2 Å². The number of anilines is 1. The number of rotatable bonds is 5. The lowest BCUT2D eigenvalue weighted by molar-refractivity contribution is 0.0601. The van der Waals surface area contributed by atoms with Crippen molar-refractivity contribution in [1.82, 2.24) is 19.7 Å². The average Bonchev–Trinajstić information content (AvgIpc) is 2.82. The average molecular weight is 309 g/mol. The summed E-state index contributed by atoms with van der Waals surface area (Å²) in [5.41, 5.74) is 6.07. The molecule has 0 saturated carbocycles. The van der Waals surface area contributed by atoms with E-state index in [9.17, 15) is 9.59 Å². The molecule has 2 aromatic rings. The molecule has 0 amide bonds. The first-order valence-electron chi connectivity index (χ1n) is 6.24. The number of aromatic amines is 1. The van der Waals surface area contributed by atoms with Crippen molar-refractivity contribution in [3.05, 3.63) is 28.3 Å². The summed E-state index contributed by atoms with van der Waals surface area (Å²) in [5.74, 6) is -0.537. The number of nitrogens with zero attached hydrogens (tertiary/aromatic N) is 3. The van der Waals surface area contributed by atoms with Crippen molar-refractivity contribution < 1.29 is 9.53 Å². The zero-order valence-electron chi connectivity index (χ0n) is 11.6. The molecule has 9 heteroatoms. The van der Waals surface area contributed by atoms with Crippen LogP contribution >= 0.6 is 11.8 Å². The molecule has 112 valence electrons. The summed E-state index contributed by atoms with van der Waals surface area (Å²) in [7, 11) is 1.28. The standard InChI is InChI=1S/C12H15N5O3S/c1-3-6-17-11(19)15-16-12(17)21-9-8(13)7(4-5-14-9)10(18)20-2/h4-5H,3,6,13H2,1-2H3,(H,15,19). The highest BCUT2D eigenvalue weighted by atomic mass is 32.2. The van der Waals surface area contributed by atoms with Crippen LogP contribution in [0.3, 0.4) is 0 Å². The number of hydrogen-bond acceptors (Lipinski definition) is 7. The summed E-state index contributed by atoms with van der Waals surface area (Å²) < 4.78 is 6.15. The minimum atomic E-state index is -0.537. The summed E-state index contributed by atoms with van der Waals surface area (Å²) in [6, 6.07) is 1.48. The van der Waals surface area contributed by atoms with Gasteiger partial charge in [0, 0.05) is 12.7 Å². The fourth-order valence-corrected chi connectivity index (χ4v) is 2.59. The highest BCUT2D eigenvalue weighted by Crippen LogP contribution is 2.30. The molecule has 2 heterocycles. The number of methoxy groups -OCH3 is 1. The molecule has 0 aliphatic heterocycles. The van der Waals surface area contributed by atoms with Gasteiger partial charge in [0.25, 0.3) is 0 Å². The van der Waals surface area contributed by atoms with Gasteiger partial charge in [-0.3, -0.25) is 4.57 Å². The van der Waals surface area contributed by atoms with Crippen molar-refractivity contribution in [2.45, 2.75) is 30.1 Å². The van der Waals surface area contributed by atoms with Crippen LogP contribution < -0.4 is 11.4 Å². The van der Waals surface area contributed by atoms with Gasteiger partial charge in [-0.15, -0.1) is 5.10 Å². The fourth-order valence-electron chi connectivity index (χ4n) is 1.71. The van der Waals surface area contributed by atoms with Crippen molar-refractivity contribution in [3.8, 4) is 0 Å². The van der Waals surface area contributed by atoms with Crippen LogP contribution in [0, 0.1) is 0 Å². The van der Waals surface area contributed by atoms with Crippen LogP contribution in [0.1, 0.15) is 23.7 Å². The third-order valence-corrected chi connectivity index (χ3v) is 3.73. The molecule has 0 bridgehead atoms. The molecule has 0 aromatic carbocycles. The topological polar surface area (TPSA) is 116 Å². The van der Waals surface area contributed by atoms with Crippen LogP contribution in [0.2, 0.25) is 0 Å². The maximum absolute atomic E-state index is 11.6. The Bertz CT molecular complexity index is 709. The van der Waals surface area contributed by atoms with Gasteiger partial charge in [0.15, 0.2) is 5.16 Å². The predicted molar refractivity (Wildman–Crippen MR) is 77.3 cm³/mol. The first-order valence-corrected chi connectivity index (χ1v) is 7.06. The quantitative estimate of drug-likeness (QED) is 0.788.